The van der Waals surface area contributed by atoms with Crippen molar-refractivity contribution in [3.8, 4) is 16.9 Å². The van der Waals surface area contributed by atoms with Crippen LogP contribution >= 0.6 is 23.5 Å². The zero-order chi connectivity index (χ0) is 31.8. The van der Waals surface area contributed by atoms with Crippen LogP contribution in [0.5, 0.6) is 5.75 Å². The number of aryl methyl sites for hydroxylation is 1. The van der Waals surface area contributed by atoms with E-state index < -0.39 is 32.1 Å². The molecule has 1 fully saturated rings. The summed E-state index contributed by atoms with van der Waals surface area (Å²) in [4.78, 5) is 72.2. The van der Waals surface area contributed by atoms with E-state index in [9.17, 15) is 33.1 Å². The summed E-state index contributed by atoms with van der Waals surface area (Å²) in [5.41, 5.74) is 1.98. The molecule has 0 aliphatic carbocycles. The second kappa shape index (κ2) is 12.6. The summed E-state index contributed by atoms with van der Waals surface area (Å²) in [6.45, 7) is 2.48. The third-order valence-corrected chi connectivity index (χ3v) is 8.12. The van der Waals surface area contributed by atoms with Crippen molar-refractivity contribution in [1.29, 1.82) is 0 Å². The molecule has 12 nitrogen and oxygen atoms in total. The van der Waals surface area contributed by atoms with E-state index in [2.05, 4.69) is 30.9 Å². The lowest BCUT2D eigenvalue weighted by atomic mass is 10.0. The number of nitrogens with zero attached hydrogens (tertiary/aromatic N) is 5. The highest BCUT2D eigenvalue weighted by atomic mass is 79.9. The van der Waals surface area contributed by atoms with Gasteiger partial charge in [-0.15, -0.1) is 0 Å². The van der Waals surface area contributed by atoms with Crippen molar-refractivity contribution in [1.82, 2.24) is 24.4 Å². The molecular weight excluding hydrogens is 660 g/mol. The number of ether oxygens (including phenoxy) is 1. The fourth-order valence-electron chi connectivity index (χ4n) is 5.21. The number of halogens is 2. The minimum Gasteiger partial charge on any atom is -0.480 e. The average molecular weight is 688 g/mol. The molecule has 2 N–H and O–H groups in total. The van der Waals surface area contributed by atoms with Gasteiger partial charge in [-0.3, -0.25) is 18.9 Å². The van der Waals surface area contributed by atoms with Crippen LogP contribution in [0.2, 0.25) is 0 Å². The second-order valence-electron chi connectivity index (χ2n) is 10.5. The molecule has 0 spiro atoms. The molecule has 0 bridgehead atoms. The monoisotopic (exact) mass is 687 g/mol. The minimum atomic E-state index is -4.57. The number of fused-ring (bicyclic) bond motifs is 1. The molecule has 1 aliphatic heterocycles. The molecule has 230 valence electrons. The maximum atomic E-state index is 14.6. The third-order valence-electron chi connectivity index (χ3n) is 7.22. The van der Waals surface area contributed by atoms with Crippen LogP contribution in [0, 0.1) is 6.92 Å². The van der Waals surface area contributed by atoms with Gasteiger partial charge >= 0.3 is 7.60 Å². The van der Waals surface area contributed by atoms with Gasteiger partial charge in [-0.1, -0.05) is 6.07 Å². The molecule has 1 unspecified atom stereocenters. The van der Waals surface area contributed by atoms with Crippen molar-refractivity contribution in [3.63, 3.8) is 0 Å². The molecular formula is C29H28BrFN5O7P. The van der Waals surface area contributed by atoms with Crippen molar-refractivity contribution in [2.45, 2.75) is 45.4 Å². The Balaban J connectivity index is 1.50. The van der Waals surface area contributed by atoms with Crippen LogP contribution in [0.1, 0.15) is 35.2 Å². The van der Waals surface area contributed by atoms with Crippen molar-refractivity contribution in [3.05, 3.63) is 70.6 Å². The Labute approximate surface area is 259 Å². The lowest BCUT2D eigenvalue weighted by Crippen LogP contribution is -2.42. The number of amides is 1. The Morgan fingerprint density at radius 1 is 1.18 bits per heavy atom. The standard InChI is InChI=1S/C29H28BrFN5O7P/c1-16(37)23-13-35(14-29(39)36-12-19(31)6-25(36)26(38)7-20-4-3-5-28(30)34-20)24-9-27(43-15-44(40,41)42)21(8-22(23)24)18-10-32-17(2)33-11-18/h3-5,8-11,13,19,25H,6-7,12,14-15H2,1-2H3,(H2,40,41,42)/t19-,25?/m1/s1. The summed E-state index contributed by atoms with van der Waals surface area (Å²) in [7, 11) is -4.57. The van der Waals surface area contributed by atoms with Crippen molar-refractivity contribution in [2.24, 2.45) is 0 Å². The summed E-state index contributed by atoms with van der Waals surface area (Å²) in [5, 5.41) is 0.447. The molecule has 5 rings (SSSR count). The molecule has 2 atom stereocenters. The van der Waals surface area contributed by atoms with Crippen LogP contribution in [0.4, 0.5) is 4.39 Å². The molecule has 4 heterocycles. The Bertz CT molecular complexity index is 1810. The Morgan fingerprint density at radius 3 is 2.57 bits per heavy atom. The van der Waals surface area contributed by atoms with Gasteiger partial charge in [0.2, 0.25) is 5.91 Å². The van der Waals surface area contributed by atoms with Crippen LogP contribution < -0.4 is 4.74 Å². The number of hydrogen-bond acceptors (Lipinski definition) is 8. The number of pyridine rings is 1. The average Bonchev–Trinajstić information content (AvgIpc) is 3.52. The van der Waals surface area contributed by atoms with Crippen molar-refractivity contribution >= 4 is 51.9 Å². The lowest BCUT2D eigenvalue weighted by molar-refractivity contribution is -0.137. The van der Waals surface area contributed by atoms with Crippen LogP contribution in [0.3, 0.4) is 0 Å². The maximum absolute atomic E-state index is 14.6. The molecule has 4 aromatic rings. The molecule has 1 aliphatic rings. The molecule has 0 radical (unpaired) electrons. The number of Topliss-reactive ketones (excluding diaryl/α,β-unsaturated/α-hetero) is 2. The molecule has 1 amide bonds. The molecule has 0 saturated carbocycles. The van der Waals surface area contributed by atoms with E-state index in [-0.39, 0.29) is 48.8 Å². The molecule has 44 heavy (non-hydrogen) atoms. The first-order valence-corrected chi connectivity index (χ1v) is 16.1. The maximum Gasteiger partial charge on any atom is 0.362 e. The smallest absolute Gasteiger partial charge is 0.362 e. The Hall–Kier alpha value is -3.84. The summed E-state index contributed by atoms with van der Waals surface area (Å²) in [5.74, 6) is -0.607. The van der Waals surface area contributed by atoms with Crippen LogP contribution in [-0.4, -0.2) is 76.8 Å². The first-order valence-electron chi connectivity index (χ1n) is 13.5. The van der Waals surface area contributed by atoms with Gasteiger partial charge in [0, 0.05) is 58.8 Å². The number of rotatable bonds is 10. The number of hydrogen-bond donors (Lipinski definition) is 2. The van der Waals surface area contributed by atoms with Gasteiger partial charge in [-0.2, -0.15) is 0 Å². The first kappa shape index (κ1) is 31.6. The number of ketones is 2. The number of aromatic nitrogens is 4. The Morgan fingerprint density at radius 2 is 1.91 bits per heavy atom. The van der Waals surface area contributed by atoms with Crippen molar-refractivity contribution in [2.75, 3.05) is 12.9 Å². The normalized spacial score (nSPS) is 16.8. The zero-order valence-corrected chi connectivity index (χ0v) is 26.2. The quantitative estimate of drug-likeness (QED) is 0.141. The number of alkyl halides is 1. The number of likely N-dealkylation sites (tertiary alicyclic amines) is 1. The SMILES string of the molecule is CC(=O)c1cn(CC(=O)N2C[C@H](F)CC2C(=O)Cc2cccc(Br)n2)c2cc(OCP(=O)(O)O)c(-c3cnc(C)nc3)cc12. The van der Waals surface area contributed by atoms with Gasteiger partial charge in [0.15, 0.2) is 17.9 Å². The molecule has 1 saturated heterocycles. The Kier molecular flexibility index (Phi) is 9.07. The first-order chi connectivity index (χ1) is 20.8. The largest absolute Gasteiger partial charge is 0.480 e. The van der Waals surface area contributed by atoms with Crippen molar-refractivity contribution < 1.29 is 37.9 Å². The minimum absolute atomic E-state index is 0.0646. The van der Waals surface area contributed by atoms with Gasteiger partial charge < -0.3 is 24.0 Å². The van der Waals surface area contributed by atoms with E-state index >= 15 is 0 Å². The second-order valence-corrected chi connectivity index (χ2v) is 12.9. The summed E-state index contributed by atoms with van der Waals surface area (Å²) in [6.07, 6.45) is 2.01. The van der Waals surface area contributed by atoms with E-state index in [0.717, 1.165) is 0 Å². The summed E-state index contributed by atoms with van der Waals surface area (Å²) < 4.78 is 33.8. The zero-order valence-electron chi connectivity index (χ0n) is 23.7. The number of carbonyl (C=O) groups is 3. The van der Waals surface area contributed by atoms with Gasteiger partial charge in [0.05, 0.1) is 24.5 Å². The predicted octanol–water partition coefficient (Wildman–Crippen LogP) is 4.03. The van der Waals surface area contributed by atoms with Gasteiger partial charge in [-0.05, 0) is 48.0 Å². The molecule has 3 aromatic heterocycles. The fraction of sp³-hybridized carbons (Fsp3) is 0.310. The summed E-state index contributed by atoms with van der Waals surface area (Å²) >= 11 is 3.27. The molecule has 15 heteroatoms. The van der Waals surface area contributed by atoms with Crippen LogP contribution in [0.25, 0.3) is 22.0 Å². The van der Waals surface area contributed by atoms with E-state index in [1.54, 1.807) is 31.2 Å². The van der Waals surface area contributed by atoms with E-state index in [4.69, 9.17) is 4.74 Å². The lowest BCUT2D eigenvalue weighted by Gasteiger charge is -2.24. The third kappa shape index (κ3) is 7.10. The van der Waals surface area contributed by atoms with Crippen LogP contribution in [0.15, 0.2) is 53.5 Å². The van der Waals surface area contributed by atoms with Gasteiger partial charge in [0.1, 0.15) is 28.9 Å². The summed E-state index contributed by atoms with van der Waals surface area (Å²) in [6, 6.07) is 7.23. The fourth-order valence-corrected chi connectivity index (χ4v) is 5.89. The highest BCUT2D eigenvalue weighted by Gasteiger charge is 2.39. The number of carbonyl (C=O) groups excluding carboxylic acids is 3. The van der Waals surface area contributed by atoms with Crippen LogP contribution in [-0.2, 0) is 27.1 Å². The van der Waals surface area contributed by atoms with Gasteiger partial charge in [0.25, 0.3) is 0 Å². The topological polar surface area (TPSA) is 165 Å². The van der Waals surface area contributed by atoms with E-state index in [1.807, 2.05) is 0 Å². The van der Waals surface area contributed by atoms with E-state index in [0.29, 0.717) is 38.2 Å². The highest BCUT2D eigenvalue weighted by molar-refractivity contribution is 9.10. The highest BCUT2D eigenvalue weighted by Crippen LogP contribution is 2.40. The molecule has 1 aromatic carbocycles. The van der Waals surface area contributed by atoms with Gasteiger partial charge in [-0.25, -0.2) is 19.3 Å². The number of benzene rings is 1. The van der Waals surface area contributed by atoms with E-state index in [1.165, 1.54) is 41.0 Å². The predicted molar refractivity (Wildman–Crippen MR) is 161 cm³/mol.